The van der Waals surface area contributed by atoms with Crippen LogP contribution in [0.5, 0.6) is 0 Å². The first-order valence-electron chi connectivity index (χ1n) is 6.86. The summed E-state index contributed by atoms with van der Waals surface area (Å²) in [6, 6.07) is 19.2. The van der Waals surface area contributed by atoms with Crippen molar-refractivity contribution in [1.29, 1.82) is 0 Å². The van der Waals surface area contributed by atoms with Crippen molar-refractivity contribution in [3.8, 4) is 0 Å². The van der Waals surface area contributed by atoms with Crippen molar-refractivity contribution in [2.75, 3.05) is 0 Å². The number of rotatable bonds is 5. The highest BCUT2D eigenvalue weighted by molar-refractivity contribution is 6.31. The SMILES string of the molecule is Clc1ccccc1CNC(c1ccccc1)C1CC1. The fraction of sp³-hybridized carbons (Fsp3) is 0.294. The van der Waals surface area contributed by atoms with Gasteiger partial charge < -0.3 is 5.32 Å². The predicted octanol–water partition coefficient (Wildman–Crippen LogP) is 4.58. The van der Waals surface area contributed by atoms with Crippen LogP contribution in [0.3, 0.4) is 0 Å². The fourth-order valence-electron chi connectivity index (χ4n) is 2.51. The van der Waals surface area contributed by atoms with Gasteiger partial charge in [0, 0.05) is 17.6 Å². The quantitative estimate of drug-likeness (QED) is 0.839. The van der Waals surface area contributed by atoms with E-state index in [4.69, 9.17) is 11.6 Å². The second kappa shape index (κ2) is 5.77. The molecule has 0 bridgehead atoms. The molecule has 1 aliphatic carbocycles. The Hall–Kier alpha value is -1.31. The van der Waals surface area contributed by atoms with Gasteiger partial charge in [-0.2, -0.15) is 0 Å². The summed E-state index contributed by atoms with van der Waals surface area (Å²) in [7, 11) is 0. The number of hydrogen-bond donors (Lipinski definition) is 1. The van der Waals surface area contributed by atoms with Gasteiger partial charge in [0.05, 0.1) is 0 Å². The monoisotopic (exact) mass is 271 g/mol. The van der Waals surface area contributed by atoms with Gasteiger partial charge in [0.25, 0.3) is 0 Å². The predicted molar refractivity (Wildman–Crippen MR) is 80.2 cm³/mol. The molecule has 1 aliphatic rings. The van der Waals surface area contributed by atoms with Crippen LogP contribution in [-0.2, 0) is 6.54 Å². The first kappa shape index (κ1) is 12.7. The third-order valence-corrected chi connectivity index (χ3v) is 4.09. The molecule has 0 saturated heterocycles. The molecule has 3 rings (SSSR count). The molecule has 0 radical (unpaired) electrons. The molecule has 0 amide bonds. The molecule has 1 unspecified atom stereocenters. The van der Waals surface area contributed by atoms with Crippen LogP contribution in [0.2, 0.25) is 5.02 Å². The lowest BCUT2D eigenvalue weighted by Gasteiger charge is -2.19. The van der Waals surface area contributed by atoms with E-state index in [1.807, 2.05) is 18.2 Å². The molecule has 1 N–H and O–H groups in total. The summed E-state index contributed by atoms with van der Waals surface area (Å²) in [5, 5.41) is 4.52. The molecule has 1 nitrogen and oxygen atoms in total. The molecule has 19 heavy (non-hydrogen) atoms. The molecule has 2 aromatic carbocycles. The van der Waals surface area contributed by atoms with Gasteiger partial charge in [-0.05, 0) is 36.0 Å². The topological polar surface area (TPSA) is 12.0 Å². The smallest absolute Gasteiger partial charge is 0.0450 e. The Bertz CT molecular complexity index is 534. The fourth-order valence-corrected chi connectivity index (χ4v) is 2.71. The summed E-state index contributed by atoms with van der Waals surface area (Å²) in [4.78, 5) is 0. The van der Waals surface area contributed by atoms with Crippen LogP contribution in [0.1, 0.15) is 30.0 Å². The van der Waals surface area contributed by atoms with Crippen LogP contribution in [0.25, 0.3) is 0 Å². The standard InChI is InChI=1S/C17H18ClN/c18-16-9-5-4-8-15(16)12-19-17(14-10-11-14)13-6-2-1-3-7-13/h1-9,14,17,19H,10-12H2. The van der Waals surface area contributed by atoms with E-state index in [1.54, 1.807) is 0 Å². The molecule has 0 aliphatic heterocycles. The van der Waals surface area contributed by atoms with E-state index in [0.29, 0.717) is 6.04 Å². The molecule has 0 aromatic heterocycles. The Kier molecular flexibility index (Phi) is 3.86. The van der Waals surface area contributed by atoms with Gasteiger partial charge in [-0.3, -0.25) is 0 Å². The van der Waals surface area contributed by atoms with Gasteiger partial charge in [-0.1, -0.05) is 60.1 Å². The first-order chi connectivity index (χ1) is 9.34. The van der Waals surface area contributed by atoms with Crippen molar-refractivity contribution in [1.82, 2.24) is 5.32 Å². The Morgan fingerprint density at radius 1 is 1.00 bits per heavy atom. The maximum atomic E-state index is 6.21. The van der Waals surface area contributed by atoms with Crippen molar-refractivity contribution in [3.05, 3.63) is 70.7 Å². The van der Waals surface area contributed by atoms with E-state index in [1.165, 1.54) is 24.0 Å². The minimum Gasteiger partial charge on any atom is -0.306 e. The highest BCUT2D eigenvalue weighted by Gasteiger charge is 2.31. The van der Waals surface area contributed by atoms with E-state index in [9.17, 15) is 0 Å². The molecule has 2 aromatic rings. The van der Waals surface area contributed by atoms with E-state index < -0.39 is 0 Å². The molecule has 2 heteroatoms. The third-order valence-electron chi connectivity index (χ3n) is 3.72. The van der Waals surface area contributed by atoms with Crippen molar-refractivity contribution >= 4 is 11.6 Å². The van der Waals surface area contributed by atoms with Crippen LogP contribution in [0.15, 0.2) is 54.6 Å². The lowest BCUT2D eigenvalue weighted by molar-refractivity contribution is 0.480. The van der Waals surface area contributed by atoms with E-state index in [0.717, 1.165) is 17.5 Å². The van der Waals surface area contributed by atoms with Crippen LogP contribution < -0.4 is 5.32 Å². The third kappa shape index (κ3) is 3.17. The van der Waals surface area contributed by atoms with E-state index >= 15 is 0 Å². The highest BCUT2D eigenvalue weighted by atomic mass is 35.5. The van der Waals surface area contributed by atoms with Gasteiger partial charge in [-0.15, -0.1) is 0 Å². The number of halogens is 1. The number of benzene rings is 2. The molecular formula is C17H18ClN. The molecule has 0 heterocycles. The summed E-state index contributed by atoms with van der Waals surface area (Å²) in [5.74, 6) is 0.782. The minimum absolute atomic E-state index is 0.456. The highest BCUT2D eigenvalue weighted by Crippen LogP contribution is 2.41. The molecule has 0 spiro atoms. The van der Waals surface area contributed by atoms with Crippen molar-refractivity contribution < 1.29 is 0 Å². The van der Waals surface area contributed by atoms with E-state index in [-0.39, 0.29) is 0 Å². The largest absolute Gasteiger partial charge is 0.306 e. The van der Waals surface area contributed by atoms with Crippen LogP contribution in [-0.4, -0.2) is 0 Å². The first-order valence-corrected chi connectivity index (χ1v) is 7.24. The van der Waals surface area contributed by atoms with Gasteiger partial charge in [0.2, 0.25) is 0 Å². The van der Waals surface area contributed by atoms with Crippen molar-refractivity contribution in [2.24, 2.45) is 5.92 Å². The van der Waals surface area contributed by atoms with E-state index in [2.05, 4.69) is 41.7 Å². The van der Waals surface area contributed by atoms with Crippen LogP contribution in [0, 0.1) is 5.92 Å². The number of hydrogen-bond acceptors (Lipinski definition) is 1. The average molecular weight is 272 g/mol. The molecule has 98 valence electrons. The summed E-state index contributed by atoms with van der Waals surface area (Å²) >= 11 is 6.21. The minimum atomic E-state index is 0.456. The van der Waals surface area contributed by atoms with Crippen molar-refractivity contribution in [3.63, 3.8) is 0 Å². The lowest BCUT2D eigenvalue weighted by Crippen LogP contribution is -2.22. The van der Waals surface area contributed by atoms with Crippen LogP contribution in [0.4, 0.5) is 0 Å². The number of nitrogens with one attached hydrogen (secondary N) is 1. The summed E-state index contributed by atoms with van der Waals surface area (Å²) in [6.45, 7) is 0.829. The van der Waals surface area contributed by atoms with Gasteiger partial charge in [0.1, 0.15) is 0 Å². The zero-order valence-electron chi connectivity index (χ0n) is 10.9. The maximum absolute atomic E-state index is 6.21. The van der Waals surface area contributed by atoms with Gasteiger partial charge in [-0.25, -0.2) is 0 Å². The molecular weight excluding hydrogens is 254 g/mol. The summed E-state index contributed by atoms with van der Waals surface area (Å²) in [5.41, 5.74) is 2.56. The average Bonchev–Trinajstić information content (AvgIpc) is 3.27. The Balaban J connectivity index is 1.71. The summed E-state index contributed by atoms with van der Waals surface area (Å²) < 4.78 is 0. The van der Waals surface area contributed by atoms with Gasteiger partial charge >= 0.3 is 0 Å². The zero-order chi connectivity index (χ0) is 13.1. The Morgan fingerprint density at radius 2 is 1.68 bits per heavy atom. The zero-order valence-corrected chi connectivity index (χ0v) is 11.6. The second-order valence-electron chi connectivity index (χ2n) is 5.20. The molecule has 1 saturated carbocycles. The van der Waals surface area contributed by atoms with Crippen molar-refractivity contribution in [2.45, 2.75) is 25.4 Å². The summed E-state index contributed by atoms with van der Waals surface area (Å²) in [6.07, 6.45) is 2.66. The molecule has 1 fully saturated rings. The normalized spacial score (nSPS) is 16.3. The Morgan fingerprint density at radius 3 is 2.37 bits per heavy atom. The second-order valence-corrected chi connectivity index (χ2v) is 5.61. The Labute approximate surface area is 119 Å². The van der Waals surface area contributed by atoms with Gasteiger partial charge in [0.15, 0.2) is 0 Å². The molecule has 1 atom stereocenters. The van der Waals surface area contributed by atoms with Crippen LogP contribution >= 0.6 is 11.6 Å². The maximum Gasteiger partial charge on any atom is 0.0450 e. The lowest BCUT2D eigenvalue weighted by atomic mass is 10.0.